The summed E-state index contributed by atoms with van der Waals surface area (Å²) in [6.45, 7) is 0. The molecule has 0 aliphatic heterocycles. The highest BCUT2D eigenvalue weighted by Gasteiger charge is 2.09. The van der Waals surface area contributed by atoms with E-state index in [-0.39, 0.29) is 11.3 Å². The largest absolute Gasteiger partial charge is 0.497 e. The fraction of sp³-hybridized carbons (Fsp3) is 0.0400. The van der Waals surface area contributed by atoms with E-state index in [1.165, 1.54) is 12.1 Å². The molecule has 1 heterocycles. The SMILES string of the molecule is COc1ccc2oc(-c3ccc(NC(=O)/C=C/c4ccccc4Cl)cc3)cc(=O)c2c1. The first kappa shape index (κ1) is 20.4. The normalized spacial score (nSPS) is 11.0. The van der Waals surface area contributed by atoms with Gasteiger partial charge in [-0.1, -0.05) is 29.8 Å². The number of fused-ring (bicyclic) bond motifs is 1. The Kier molecular flexibility index (Phi) is 5.87. The van der Waals surface area contributed by atoms with Gasteiger partial charge >= 0.3 is 0 Å². The molecule has 154 valence electrons. The molecule has 31 heavy (non-hydrogen) atoms. The van der Waals surface area contributed by atoms with E-state index in [1.54, 1.807) is 61.7 Å². The Labute approximate surface area is 183 Å². The molecule has 1 N–H and O–H groups in total. The highest BCUT2D eigenvalue weighted by molar-refractivity contribution is 6.32. The number of methoxy groups -OCH3 is 1. The first-order chi connectivity index (χ1) is 15.0. The molecule has 0 atom stereocenters. The van der Waals surface area contributed by atoms with Crippen molar-refractivity contribution in [2.45, 2.75) is 0 Å². The molecule has 0 aliphatic rings. The summed E-state index contributed by atoms with van der Waals surface area (Å²) >= 11 is 6.09. The van der Waals surface area contributed by atoms with Gasteiger partial charge in [-0.3, -0.25) is 9.59 Å². The number of rotatable bonds is 5. The van der Waals surface area contributed by atoms with Gasteiger partial charge in [0.05, 0.1) is 12.5 Å². The maximum absolute atomic E-state index is 12.5. The van der Waals surface area contributed by atoms with Gasteiger partial charge in [0.15, 0.2) is 5.43 Å². The second-order valence-corrected chi connectivity index (χ2v) is 7.17. The van der Waals surface area contributed by atoms with Crippen LogP contribution in [0, 0.1) is 0 Å². The highest BCUT2D eigenvalue weighted by Crippen LogP contribution is 2.25. The van der Waals surface area contributed by atoms with Crippen LogP contribution < -0.4 is 15.5 Å². The summed E-state index contributed by atoms with van der Waals surface area (Å²) in [5, 5.41) is 3.82. The molecule has 6 heteroatoms. The van der Waals surface area contributed by atoms with Crippen molar-refractivity contribution in [1.29, 1.82) is 0 Å². The van der Waals surface area contributed by atoms with Crippen molar-refractivity contribution in [2.24, 2.45) is 0 Å². The zero-order chi connectivity index (χ0) is 21.8. The molecule has 4 rings (SSSR count). The number of halogens is 1. The zero-order valence-corrected chi connectivity index (χ0v) is 17.3. The van der Waals surface area contributed by atoms with Crippen LogP contribution in [0.5, 0.6) is 5.75 Å². The Hall–Kier alpha value is -3.83. The van der Waals surface area contributed by atoms with E-state index in [0.29, 0.717) is 33.2 Å². The standard InChI is InChI=1S/C25H18ClNO4/c1-30-19-11-12-23-20(14-19)22(28)15-24(31-23)17-6-9-18(10-7-17)27-25(29)13-8-16-4-2-3-5-21(16)26/h2-15H,1H3,(H,27,29)/b13-8+. The van der Waals surface area contributed by atoms with Crippen LogP contribution in [0.2, 0.25) is 5.02 Å². The molecule has 1 aromatic heterocycles. The lowest BCUT2D eigenvalue weighted by molar-refractivity contribution is -0.111. The monoisotopic (exact) mass is 431 g/mol. The minimum absolute atomic E-state index is 0.155. The number of ether oxygens (including phenoxy) is 1. The Morgan fingerprint density at radius 3 is 2.55 bits per heavy atom. The fourth-order valence-corrected chi connectivity index (χ4v) is 3.28. The molecule has 0 unspecified atom stereocenters. The highest BCUT2D eigenvalue weighted by atomic mass is 35.5. The van der Waals surface area contributed by atoms with E-state index in [4.69, 9.17) is 20.8 Å². The summed E-state index contributed by atoms with van der Waals surface area (Å²) in [5.74, 6) is 0.759. The Morgan fingerprint density at radius 2 is 1.81 bits per heavy atom. The van der Waals surface area contributed by atoms with Gasteiger partial charge in [-0.25, -0.2) is 0 Å². The van der Waals surface area contributed by atoms with Crippen LogP contribution in [-0.4, -0.2) is 13.0 Å². The third-order valence-corrected chi connectivity index (χ3v) is 5.03. The first-order valence-corrected chi connectivity index (χ1v) is 9.87. The van der Waals surface area contributed by atoms with E-state index < -0.39 is 0 Å². The number of hydrogen-bond donors (Lipinski definition) is 1. The number of carbonyl (C=O) groups excluding carboxylic acids is 1. The topological polar surface area (TPSA) is 68.5 Å². The van der Waals surface area contributed by atoms with Gasteiger partial charge < -0.3 is 14.5 Å². The van der Waals surface area contributed by atoms with Gasteiger partial charge in [0, 0.05) is 28.4 Å². The Morgan fingerprint density at radius 1 is 1.03 bits per heavy atom. The van der Waals surface area contributed by atoms with Crippen LogP contribution >= 0.6 is 11.6 Å². The summed E-state index contributed by atoms with van der Waals surface area (Å²) in [5.41, 5.74) is 2.42. The molecule has 0 bridgehead atoms. The van der Waals surface area contributed by atoms with Crippen molar-refractivity contribution in [1.82, 2.24) is 0 Å². The average Bonchev–Trinajstić information content (AvgIpc) is 2.79. The van der Waals surface area contributed by atoms with E-state index in [2.05, 4.69) is 5.32 Å². The molecule has 0 spiro atoms. The summed E-state index contributed by atoms with van der Waals surface area (Å²) in [4.78, 5) is 24.7. The smallest absolute Gasteiger partial charge is 0.248 e. The van der Waals surface area contributed by atoms with Gasteiger partial charge in [0.1, 0.15) is 17.1 Å². The first-order valence-electron chi connectivity index (χ1n) is 9.49. The van der Waals surface area contributed by atoms with Crippen molar-refractivity contribution in [3.63, 3.8) is 0 Å². The third-order valence-electron chi connectivity index (χ3n) is 4.69. The van der Waals surface area contributed by atoms with Crippen molar-refractivity contribution in [3.05, 3.63) is 99.7 Å². The van der Waals surface area contributed by atoms with Gasteiger partial charge in [0.25, 0.3) is 0 Å². The molecule has 0 saturated carbocycles. The predicted molar refractivity (Wildman–Crippen MR) is 124 cm³/mol. The van der Waals surface area contributed by atoms with Crippen LogP contribution in [-0.2, 0) is 4.79 Å². The van der Waals surface area contributed by atoms with Crippen LogP contribution in [0.3, 0.4) is 0 Å². The van der Waals surface area contributed by atoms with Crippen LogP contribution in [0.25, 0.3) is 28.4 Å². The quantitative estimate of drug-likeness (QED) is 0.407. The molecule has 0 saturated heterocycles. The number of anilines is 1. The van der Waals surface area contributed by atoms with Crippen molar-refractivity contribution < 1.29 is 13.9 Å². The summed E-state index contributed by atoms with van der Waals surface area (Å²) in [6.07, 6.45) is 3.08. The fourth-order valence-electron chi connectivity index (χ4n) is 3.08. The lowest BCUT2D eigenvalue weighted by atomic mass is 10.1. The molecule has 1 amide bonds. The van der Waals surface area contributed by atoms with E-state index in [1.807, 2.05) is 18.2 Å². The number of benzene rings is 3. The third kappa shape index (κ3) is 4.68. The molecule has 5 nitrogen and oxygen atoms in total. The molecule has 0 radical (unpaired) electrons. The van der Waals surface area contributed by atoms with Crippen molar-refractivity contribution in [2.75, 3.05) is 12.4 Å². The molecule has 0 fully saturated rings. The Bertz CT molecular complexity index is 1340. The van der Waals surface area contributed by atoms with E-state index in [9.17, 15) is 9.59 Å². The maximum Gasteiger partial charge on any atom is 0.248 e. The maximum atomic E-state index is 12.5. The predicted octanol–water partition coefficient (Wildman–Crippen LogP) is 5.77. The number of nitrogens with one attached hydrogen (secondary N) is 1. The van der Waals surface area contributed by atoms with Crippen molar-refractivity contribution in [3.8, 4) is 17.1 Å². The second-order valence-electron chi connectivity index (χ2n) is 6.76. The van der Waals surface area contributed by atoms with E-state index in [0.717, 1.165) is 11.1 Å². The van der Waals surface area contributed by atoms with Gasteiger partial charge in [-0.15, -0.1) is 0 Å². The molecular weight excluding hydrogens is 414 g/mol. The van der Waals surface area contributed by atoms with Crippen molar-refractivity contribution >= 4 is 40.2 Å². The number of carbonyl (C=O) groups is 1. The lowest BCUT2D eigenvalue weighted by Gasteiger charge is -2.07. The number of amides is 1. The molecule has 3 aromatic carbocycles. The molecular formula is C25H18ClNO4. The van der Waals surface area contributed by atoms with Gasteiger partial charge in [-0.05, 0) is 60.2 Å². The number of hydrogen-bond acceptors (Lipinski definition) is 4. The minimum Gasteiger partial charge on any atom is -0.497 e. The zero-order valence-electron chi connectivity index (χ0n) is 16.6. The Balaban J connectivity index is 1.51. The van der Waals surface area contributed by atoms with Crippen LogP contribution in [0.1, 0.15) is 5.56 Å². The van der Waals surface area contributed by atoms with Gasteiger partial charge in [-0.2, -0.15) is 0 Å². The summed E-state index contributed by atoms with van der Waals surface area (Å²) < 4.78 is 11.0. The van der Waals surface area contributed by atoms with Crippen LogP contribution in [0.4, 0.5) is 5.69 Å². The second kappa shape index (κ2) is 8.90. The van der Waals surface area contributed by atoms with Gasteiger partial charge in [0.2, 0.25) is 5.91 Å². The van der Waals surface area contributed by atoms with E-state index >= 15 is 0 Å². The summed E-state index contributed by atoms with van der Waals surface area (Å²) in [6, 6.07) is 20.9. The molecule has 0 aliphatic carbocycles. The minimum atomic E-state index is -0.279. The molecule has 4 aromatic rings. The average molecular weight is 432 g/mol. The summed E-state index contributed by atoms with van der Waals surface area (Å²) in [7, 11) is 1.55. The van der Waals surface area contributed by atoms with Crippen LogP contribution in [0.15, 0.2) is 88.1 Å². The lowest BCUT2D eigenvalue weighted by Crippen LogP contribution is -2.07.